The van der Waals surface area contributed by atoms with Gasteiger partial charge >= 0.3 is 0 Å². The monoisotopic (exact) mass is 260 g/mol. The molecule has 0 aliphatic rings. The largest absolute Gasteiger partial charge is 0.497 e. The lowest BCUT2D eigenvalue weighted by atomic mass is 10.0. The van der Waals surface area contributed by atoms with Crippen molar-refractivity contribution in [2.75, 3.05) is 14.2 Å². The number of benzene rings is 2. The van der Waals surface area contributed by atoms with Crippen LogP contribution in [0.5, 0.6) is 11.5 Å². The molecule has 19 heavy (non-hydrogen) atoms. The highest BCUT2D eigenvalue weighted by molar-refractivity contribution is 5.81. The maximum atomic E-state index is 13.3. The Balaban J connectivity index is 2.55. The first-order valence-electron chi connectivity index (χ1n) is 5.66. The Hall–Kier alpha value is -2.36. The molecule has 0 aromatic heterocycles. The van der Waals surface area contributed by atoms with Crippen molar-refractivity contribution in [1.29, 1.82) is 0 Å². The lowest BCUT2D eigenvalue weighted by molar-refractivity contribution is 0.112. The third-order valence-corrected chi connectivity index (χ3v) is 2.84. The number of methoxy groups -OCH3 is 2. The maximum Gasteiger partial charge on any atom is 0.153 e. The van der Waals surface area contributed by atoms with Crippen molar-refractivity contribution in [3.05, 3.63) is 47.8 Å². The van der Waals surface area contributed by atoms with E-state index in [1.54, 1.807) is 38.5 Å². The minimum Gasteiger partial charge on any atom is -0.497 e. The molecular formula is C15H13FO3. The molecule has 2 aromatic rings. The van der Waals surface area contributed by atoms with Crippen LogP contribution in [0.4, 0.5) is 4.39 Å². The van der Waals surface area contributed by atoms with Crippen molar-refractivity contribution < 1.29 is 18.7 Å². The van der Waals surface area contributed by atoms with Gasteiger partial charge in [-0.1, -0.05) is 6.07 Å². The van der Waals surface area contributed by atoms with Gasteiger partial charge in [-0.05, 0) is 29.8 Å². The Labute approximate surface area is 110 Å². The molecule has 0 aliphatic carbocycles. The van der Waals surface area contributed by atoms with Crippen molar-refractivity contribution in [3.8, 4) is 22.6 Å². The predicted molar refractivity (Wildman–Crippen MR) is 70.3 cm³/mol. The van der Waals surface area contributed by atoms with Gasteiger partial charge in [-0.25, -0.2) is 4.39 Å². The van der Waals surface area contributed by atoms with Crippen LogP contribution in [0.2, 0.25) is 0 Å². The fraction of sp³-hybridized carbons (Fsp3) is 0.133. The van der Waals surface area contributed by atoms with Gasteiger partial charge in [0.2, 0.25) is 0 Å². The molecule has 98 valence electrons. The third-order valence-electron chi connectivity index (χ3n) is 2.84. The van der Waals surface area contributed by atoms with Gasteiger partial charge in [0, 0.05) is 11.6 Å². The molecule has 2 rings (SSSR count). The molecule has 0 aliphatic heterocycles. The van der Waals surface area contributed by atoms with Gasteiger partial charge in [0.15, 0.2) is 6.29 Å². The zero-order chi connectivity index (χ0) is 13.8. The van der Waals surface area contributed by atoms with Crippen LogP contribution in [0.15, 0.2) is 36.4 Å². The molecule has 0 heterocycles. The SMILES string of the molecule is COc1ccc(-c2ccc(F)c(C=O)c2)c(OC)c1. The smallest absolute Gasteiger partial charge is 0.153 e. The number of rotatable bonds is 4. The number of hydrogen-bond donors (Lipinski definition) is 0. The summed E-state index contributed by atoms with van der Waals surface area (Å²) in [6.07, 6.45) is 0.495. The third kappa shape index (κ3) is 2.57. The predicted octanol–water partition coefficient (Wildman–Crippen LogP) is 3.32. The van der Waals surface area contributed by atoms with E-state index in [-0.39, 0.29) is 5.56 Å². The quantitative estimate of drug-likeness (QED) is 0.791. The van der Waals surface area contributed by atoms with Crippen LogP contribution in [0, 0.1) is 5.82 Å². The Morgan fingerprint density at radius 3 is 2.47 bits per heavy atom. The van der Waals surface area contributed by atoms with Crippen LogP contribution < -0.4 is 9.47 Å². The number of aldehydes is 1. The summed E-state index contributed by atoms with van der Waals surface area (Å²) >= 11 is 0. The zero-order valence-corrected chi connectivity index (χ0v) is 10.6. The second-order valence-electron chi connectivity index (χ2n) is 3.92. The van der Waals surface area contributed by atoms with Gasteiger partial charge < -0.3 is 9.47 Å². The Bertz CT molecular complexity index is 608. The van der Waals surface area contributed by atoms with Gasteiger partial charge in [0.25, 0.3) is 0 Å². The normalized spacial score (nSPS) is 10.1. The minimum absolute atomic E-state index is 0.0235. The molecule has 3 nitrogen and oxygen atoms in total. The zero-order valence-electron chi connectivity index (χ0n) is 10.6. The van der Waals surface area contributed by atoms with Crippen molar-refractivity contribution in [3.63, 3.8) is 0 Å². The van der Waals surface area contributed by atoms with Crippen LogP contribution in [-0.4, -0.2) is 20.5 Å². The average Bonchev–Trinajstić information content (AvgIpc) is 2.47. The van der Waals surface area contributed by atoms with Crippen molar-refractivity contribution in [1.82, 2.24) is 0 Å². The van der Waals surface area contributed by atoms with Crippen LogP contribution >= 0.6 is 0 Å². The molecule has 0 amide bonds. The van der Waals surface area contributed by atoms with Crippen LogP contribution in [-0.2, 0) is 0 Å². The highest BCUT2D eigenvalue weighted by Gasteiger charge is 2.10. The van der Waals surface area contributed by atoms with E-state index in [1.165, 1.54) is 12.1 Å². The molecule has 0 saturated carbocycles. The van der Waals surface area contributed by atoms with Gasteiger partial charge in [0.1, 0.15) is 17.3 Å². The van der Waals surface area contributed by atoms with E-state index in [2.05, 4.69) is 0 Å². The van der Waals surface area contributed by atoms with Gasteiger partial charge in [0.05, 0.1) is 19.8 Å². The molecular weight excluding hydrogens is 247 g/mol. The Morgan fingerprint density at radius 1 is 1.05 bits per heavy atom. The summed E-state index contributed by atoms with van der Waals surface area (Å²) in [5.74, 6) is 0.729. The van der Waals surface area contributed by atoms with E-state index < -0.39 is 5.82 Å². The van der Waals surface area contributed by atoms with Crippen LogP contribution in [0.1, 0.15) is 10.4 Å². The second kappa shape index (κ2) is 5.52. The second-order valence-corrected chi connectivity index (χ2v) is 3.92. The highest BCUT2D eigenvalue weighted by Crippen LogP contribution is 2.33. The van der Waals surface area contributed by atoms with E-state index in [4.69, 9.17) is 9.47 Å². The molecule has 0 bridgehead atoms. The highest BCUT2D eigenvalue weighted by atomic mass is 19.1. The van der Waals surface area contributed by atoms with E-state index in [9.17, 15) is 9.18 Å². The molecule has 0 N–H and O–H groups in total. The lowest BCUT2D eigenvalue weighted by Crippen LogP contribution is -1.93. The molecule has 0 atom stereocenters. The number of halogens is 1. The van der Waals surface area contributed by atoms with Gasteiger partial charge in [-0.2, -0.15) is 0 Å². The number of ether oxygens (including phenoxy) is 2. The summed E-state index contributed by atoms with van der Waals surface area (Å²) in [4.78, 5) is 10.8. The summed E-state index contributed by atoms with van der Waals surface area (Å²) in [5, 5.41) is 0. The molecule has 0 unspecified atom stereocenters. The molecule has 0 radical (unpaired) electrons. The Morgan fingerprint density at radius 2 is 1.84 bits per heavy atom. The summed E-state index contributed by atoms with van der Waals surface area (Å²) in [7, 11) is 3.11. The molecule has 0 spiro atoms. The number of hydrogen-bond acceptors (Lipinski definition) is 3. The van der Waals surface area contributed by atoms with E-state index in [0.29, 0.717) is 23.3 Å². The standard InChI is InChI=1S/C15H13FO3/c1-18-12-4-5-13(15(8-12)19-2)10-3-6-14(16)11(7-10)9-17/h3-9H,1-2H3. The topological polar surface area (TPSA) is 35.5 Å². The summed E-state index contributed by atoms with van der Waals surface area (Å²) < 4.78 is 23.7. The van der Waals surface area contributed by atoms with E-state index in [1.807, 2.05) is 0 Å². The van der Waals surface area contributed by atoms with Crippen molar-refractivity contribution >= 4 is 6.29 Å². The van der Waals surface area contributed by atoms with Crippen molar-refractivity contribution in [2.45, 2.75) is 0 Å². The fourth-order valence-electron chi connectivity index (χ4n) is 1.84. The maximum absolute atomic E-state index is 13.3. The van der Waals surface area contributed by atoms with Gasteiger partial charge in [-0.15, -0.1) is 0 Å². The lowest BCUT2D eigenvalue weighted by Gasteiger charge is -2.11. The van der Waals surface area contributed by atoms with Gasteiger partial charge in [-0.3, -0.25) is 4.79 Å². The number of carbonyl (C=O) groups is 1. The first-order chi connectivity index (χ1) is 9.19. The number of carbonyl (C=O) groups excluding carboxylic acids is 1. The van der Waals surface area contributed by atoms with Crippen LogP contribution in [0.25, 0.3) is 11.1 Å². The molecule has 4 heteroatoms. The summed E-state index contributed by atoms with van der Waals surface area (Å²) in [6.45, 7) is 0. The first kappa shape index (κ1) is 13.1. The minimum atomic E-state index is -0.536. The average molecular weight is 260 g/mol. The molecule has 0 fully saturated rings. The first-order valence-corrected chi connectivity index (χ1v) is 5.66. The summed E-state index contributed by atoms with van der Waals surface area (Å²) in [6, 6.07) is 9.68. The molecule has 0 saturated heterocycles. The summed E-state index contributed by atoms with van der Waals surface area (Å²) in [5.41, 5.74) is 1.50. The molecule has 2 aromatic carbocycles. The van der Waals surface area contributed by atoms with Crippen molar-refractivity contribution in [2.24, 2.45) is 0 Å². The Kier molecular flexibility index (Phi) is 3.80. The van der Waals surface area contributed by atoms with Crippen LogP contribution in [0.3, 0.4) is 0 Å². The van der Waals surface area contributed by atoms with E-state index >= 15 is 0 Å². The fourth-order valence-corrected chi connectivity index (χ4v) is 1.84. The van der Waals surface area contributed by atoms with E-state index in [0.717, 1.165) is 5.56 Å².